The van der Waals surface area contributed by atoms with Gasteiger partial charge < -0.3 is 10.4 Å². The van der Waals surface area contributed by atoms with E-state index in [-0.39, 0.29) is 12.6 Å². The van der Waals surface area contributed by atoms with E-state index in [1.807, 2.05) is 6.26 Å². The van der Waals surface area contributed by atoms with Gasteiger partial charge in [0.15, 0.2) is 5.16 Å². The Labute approximate surface area is 111 Å². The summed E-state index contributed by atoms with van der Waals surface area (Å²) in [7, 11) is 0. The Balaban J connectivity index is 2.74. The molecule has 0 fully saturated rings. The van der Waals surface area contributed by atoms with Gasteiger partial charge >= 0.3 is 0 Å². The third-order valence-corrected chi connectivity index (χ3v) is 2.93. The molecule has 0 radical (unpaired) electrons. The lowest BCUT2D eigenvalue weighted by molar-refractivity contribution is 0.259. The van der Waals surface area contributed by atoms with Gasteiger partial charge in [0.2, 0.25) is 0 Å². The molecule has 1 rings (SSSR count). The molecule has 0 amide bonds. The Morgan fingerprint density at radius 2 is 2.18 bits per heavy atom. The fourth-order valence-electron chi connectivity index (χ4n) is 1.52. The molecular weight excluding hydrogens is 258 g/mol. The minimum absolute atomic E-state index is 0.00401. The smallest absolute Gasteiger partial charge is 0.190 e. The van der Waals surface area contributed by atoms with Crippen molar-refractivity contribution in [3.63, 3.8) is 0 Å². The Morgan fingerprint density at radius 3 is 2.71 bits per heavy atom. The van der Waals surface area contributed by atoms with Gasteiger partial charge in [0.25, 0.3) is 0 Å². The minimum Gasteiger partial charge on any atom is -0.394 e. The first-order valence-electron chi connectivity index (χ1n) is 5.51. The molecule has 1 heterocycles. The molecule has 1 unspecified atom stereocenters. The first-order chi connectivity index (χ1) is 8.05. The normalized spacial score (nSPS) is 12.8. The fraction of sp³-hybridized carbons (Fsp3) is 0.636. The number of aliphatic hydroxyl groups is 1. The quantitative estimate of drug-likeness (QED) is 0.475. The van der Waals surface area contributed by atoms with E-state index >= 15 is 0 Å². The van der Waals surface area contributed by atoms with Crippen LogP contribution in [0.5, 0.6) is 0 Å². The number of aliphatic hydroxyl groups excluding tert-OH is 1. The predicted octanol–water partition coefficient (Wildman–Crippen LogP) is 2.67. The molecule has 0 aliphatic carbocycles. The highest BCUT2D eigenvalue weighted by Gasteiger charge is 2.11. The summed E-state index contributed by atoms with van der Waals surface area (Å²) >= 11 is 7.33. The van der Waals surface area contributed by atoms with E-state index in [4.69, 9.17) is 11.6 Å². The van der Waals surface area contributed by atoms with Crippen LogP contribution < -0.4 is 5.32 Å². The Bertz CT molecular complexity index is 363. The average molecular weight is 276 g/mol. The van der Waals surface area contributed by atoms with Crippen LogP contribution in [0.25, 0.3) is 0 Å². The molecule has 0 spiro atoms. The van der Waals surface area contributed by atoms with E-state index in [2.05, 4.69) is 29.1 Å². The number of hydrogen-bond acceptors (Lipinski definition) is 5. The molecular formula is C11H18ClN3OS. The molecule has 96 valence electrons. The lowest BCUT2D eigenvalue weighted by atomic mass is 10.0. The zero-order chi connectivity index (χ0) is 12.8. The lowest BCUT2D eigenvalue weighted by Gasteiger charge is -2.19. The third-order valence-electron chi connectivity index (χ3n) is 2.19. The summed E-state index contributed by atoms with van der Waals surface area (Å²) in [5.41, 5.74) is 0. The number of rotatable bonds is 6. The van der Waals surface area contributed by atoms with E-state index in [0.29, 0.717) is 22.0 Å². The maximum absolute atomic E-state index is 9.29. The van der Waals surface area contributed by atoms with Crippen molar-refractivity contribution in [1.29, 1.82) is 0 Å². The summed E-state index contributed by atoms with van der Waals surface area (Å²) in [5, 5.41) is 13.5. The van der Waals surface area contributed by atoms with Gasteiger partial charge in [-0.1, -0.05) is 37.2 Å². The SMILES string of the molecule is CSc1nc(Cl)cc(NC(CO)CC(C)C)n1. The van der Waals surface area contributed by atoms with Gasteiger partial charge in [-0.3, -0.25) is 0 Å². The zero-order valence-electron chi connectivity index (χ0n) is 10.3. The molecule has 0 aromatic carbocycles. The van der Waals surface area contributed by atoms with Crippen molar-refractivity contribution in [1.82, 2.24) is 9.97 Å². The number of nitrogens with zero attached hydrogens (tertiary/aromatic N) is 2. The lowest BCUT2D eigenvalue weighted by Crippen LogP contribution is -2.26. The standard InChI is InChI=1S/C11H18ClN3OS/c1-7(2)4-8(6-16)13-10-5-9(12)14-11(15-10)17-3/h5,7-8,16H,4,6H2,1-3H3,(H,13,14,15). The van der Waals surface area contributed by atoms with Crippen molar-refractivity contribution in [2.45, 2.75) is 31.5 Å². The van der Waals surface area contributed by atoms with E-state index in [9.17, 15) is 5.11 Å². The highest BCUT2D eigenvalue weighted by Crippen LogP contribution is 2.18. The summed E-state index contributed by atoms with van der Waals surface area (Å²) in [4.78, 5) is 8.35. The summed E-state index contributed by atoms with van der Waals surface area (Å²) in [6, 6.07) is 1.67. The zero-order valence-corrected chi connectivity index (χ0v) is 11.8. The van der Waals surface area contributed by atoms with Crippen LogP contribution in [-0.2, 0) is 0 Å². The number of halogens is 1. The molecule has 1 aromatic heterocycles. The van der Waals surface area contributed by atoms with Crippen molar-refractivity contribution in [2.75, 3.05) is 18.2 Å². The van der Waals surface area contributed by atoms with Crippen LogP contribution in [0, 0.1) is 5.92 Å². The largest absolute Gasteiger partial charge is 0.394 e. The molecule has 2 N–H and O–H groups in total. The molecule has 1 atom stereocenters. The maximum atomic E-state index is 9.29. The molecule has 0 saturated heterocycles. The van der Waals surface area contributed by atoms with Crippen LogP contribution in [0.3, 0.4) is 0 Å². The van der Waals surface area contributed by atoms with Crippen LogP contribution in [0.1, 0.15) is 20.3 Å². The Hall–Kier alpha value is -0.520. The second kappa shape index (κ2) is 7.03. The van der Waals surface area contributed by atoms with Gasteiger partial charge in [0.1, 0.15) is 11.0 Å². The van der Waals surface area contributed by atoms with Gasteiger partial charge in [0, 0.05) is 6.07 Å². The summed E-state index contributed by atoms with van der Waals surface area (Å²) in [6.07, 6.45) is 2.78. The summed E-state index contributed by atoms with van der Waals surface area (Å²) < 4.78 is 0. The van der Waals surface area contributed by atoms with Crippen molar-refractivity contribution in [3.05, 3.63) is 11.2 Å². The van der Waals surface area contributed by atoms with E-state index in [0.717, 1.165) is 6.42 Å². The number of aromatic nitrogens is 2. The highest BCUT2D eigenvalue weighted by molar-refractivity contribution is 7.98. The molecule has 0 bridgehead atoms. The minimum atomic E-state index is -0.00401. The third kappa shape index (κ3) is 5.10. The first kappa shape index (κ1) is 14.5. The molecule has 4 nitrogen and oxygen atoms in total. The molecule has 0 aliphatic heterocycles. The van der Waals surface area contributed by atoms with Gasteiger partial charge in [-0.05, 0) is 18.6 Å². The fourth-order valence-corrected chi connectivity index (χ4v) is 2.13. The molecule has 0 saturated carbocycles. The number of anilines is 1. The van der Waals surface area contributed by atoms with Crippen LogP contribution in [0.2, 0.25) is 5.15 Å². The second-order valence-corrected chi connectivity index (χ2v) is 5.38. The molecule has 6 heteroatoms. The van der Waals surface area contributed by atoms with Crippen molar-refractivity contribution < 1.29 is 5.11 Å². The van der Waals surface area contributed by atoms with E-state index < -0.39 is 0 Å². The van der Waals surface area contributed by atoms with Crippen molar-refractivity contribution in [2.24, 2.45) is 5.92 Å². The van der Waals surface area contributed by atoms with Crippen LogP contribution in [0.4, 0.5) is 5.82 Å². The van der Waals surface area contributed by atoms with Crippen LogP contribution in [0.15, 0.2) is 11.2 Å². The number of nitrogens with one attached hydrogen (secondary N) is 1. The highest BCUT2D eigenvalue weighted by atomic mass is 35.5. The number of thioether (sulfide) groups is 1. The average Bonchev–Trinajstić information content (AvgIpc) is 2.26. The van der Waals surface area contributed by atoms with Gasteiger partial charge in [0.05, 0.1) is 12.6 Å². The second-order valence-electron chi connectivity index (χ2n) is 4.22. The predicted molar refractivity (Wildman–Crippen MR) is 72.8 cm³/mol. The van der Waals surface area contributed by atoms with E-state index in [1.165, 1.54) is 11.8 Å². The number of hydrogen-bond donors (Lipinski definition) is 2. The Morgan fingerprint density at radius 1 is 1.47 bits per heavy atom. The Kier molecular flexibility index (Phi) is 6.02. The van der Waals surface area contributed by atoms with E-state index in [1.54, 1.807) is 6.07 Å². The van der Waals surface area contributed by atoms with Crippen LogP contribution >= 0.6 is 23.4 Å². The summed E-state index contributed by atoms with van der Waals surface area (Å²) in [6.45, 7) is 4.31. The topological polar surface area (TPSA) is 58.0 Å². The van der Waals surface area contributed by atoms with Gasteiger partial charge in [-0.25, -0.2) is 9.97 Å². The van der Waals surface area contributed by atoms with Gasteiger partial charge in [-0.15, -0.1) is 0 Å². The summed E-state index contributed by atoms with van der Waals surface area (Å²) in [5.74, 6) is 1.17. The first-order valence-corrected chi connectivity index (χ1v) is 7.11. The van der Waals surface area contributed by atoms with Crippen molar-refractivity contribution >= 4 is 29.2 Å². The monoisotopic (exact) mass is 275 g/mol. The van der Waals surface area contributed by atoms with Crippen LogP contribution in [-0.4, -0.2) is 34.0 Å². The van der Waals surface area contributed by atoms with Gasteiger partial charge in [-0.2, -0.15) is 0 Å². The maximum Gasteiger partial charge on any atom is 0.190 e. The molecule has 1 aromatic rings. The molecule has 17 heavy (non-hydrogen) atoms. The van der Waals surface area contributed by atoms with Crippen molar-refractivity contribution in [3.8, 4) is 0 Å². The molecule has 0 aliphatic rings.